The van der Waals surface area contributed by atoms with Crippen LogP contribution in [0.5, 0.6) is 0 Å². The maximum absolute atomic E-state index is 12.0. The smallest absolute Gasteiger partial charge is 0.240 e. The van der Waals surface area contributed by atoms with Crippen molar-refractivity contribution in [3.63, 3.8) is 0 Å². The highest BCUT2D eigenvalue weighted by molar-refractivity contribution is 8.13. The van der Waals surface area contributed by atoms with Crippen LogP contribution in [0.15, 0.2) is 89.3 Å². The van der Waals surface area contributed by atoms with Crippen LogP contribution in [0.1, 0.15) is 11.1 Å². The number of carbonyl (C=O) groups excluding carboxylic acids is 2. The van der Waals surface area contributed by atoms with Crippen LogP contribution < -0.4 is 10.7 Å². The summed E-state index contributed by atoms with van der Waals surface area (Å²) in [7, 11) is 0. The SMILES string of the molecule is O=C1C=CC([C@H]2Nc3ccccc3C3=C(O)N=C(SCc4ccccc4)NN32)=CC1=O. The number of thioether (sulfide) groups is 1. The summed E-state index contributed by atoms with van der Waals surface area (Å²) in [4.78, 5) is 28.0. The van der Waals surface area contributed by atoms with Crippen molar-refractivity contribution in [2.75, 3.05) is 5.32 Å². The number of hydrogen-bond acceptors (Lipinski definition) is 8. The molecule has 0 bridgehead atoms. The van der Waals surface area contributed by atoms with Gasteiger partial charge in [0.2, 0.25) is 17.4 Å². The first-order chi connectivity index (χ1) is 15.1. The Morgan fingerprint density at radius 1 is 1.00 bits per heavy atom. The first-order valence-corrected chi connectivity index (χ1v) is 10.7. The summed E-state index contributed by atoms with van der Waals surface area (Å²) in [6.07, 6.45) is 3.69. The number of anilines is 1. The molecule has 154 valence electrons. The van der Waals surface area contributed by atoms with Gasteiger partial charge in [0.25, 0.3) is 0 Å². The van der Waals surface area contributed by atoms with Crippen LogP contribution in [0, 0.1) is 0 Å². The van der Waals surface area contributed by atoms with Gasteiger partial charge in [-0.05, 0) is 23.8 Å². The largest absolute Gasteiger partial charge is 0.492 e. The van der Waals surface area contributed by atoms with E-state index in [-0.39, 0.29) is 5.88 Å². The zero-order valence-electron chi connectivity index (χ0n) is 16.3. The lowest BCUT2D eigenvalue weighted by molar-refractivity contribution is -0.131. The number of nitrogens with zero attached hydrogens (tertiary/aromatic N) is 2. The van der Waals surface area contributed by atoms with E-state index in [1.54, 1.807) is 11.1 Å². The molecule has 3 aliphatic rings. The Balaban J connectivity index is 1.51. The van der Waals surface area contributed by atoms with E-state index in [1.165, 1.54) is 23.9 Å². The van der Waals surface area contributed by atoms with Crippen molar-refractivity contribution in [3.05, 3.63) is 95.4 Å². The average Bonchev–Trinajstić information content (AvgIpc) is 2.79. The number of aliphatic imine (C=N–C) groups is 1. The minimum Gasteiger partial charge on any atom is -0.492 e. The van der Waals surface area contributed by atoms with Crippen LogP contribution in [0.3, 0.4) is 0 Å². The number of hydrazine groups is 1. The molecule has 5 rings (SSSR count). The number of allylic oxidation sites excluding steroid dienone is 2. The molecule has 7 nitrogen and oxygen atoms in total. The Bertz CT molecular complexity index is 1200. The van der Waals surface area contributed by atoms with Gasteiger partial charge in [0.05, 0.1) is 0 Å². The van der Waals surface area contributed by atoms with Crippen molar-refractivity contribution >= 4 is 39.9 Å². The van der Waals surface area contributed by atoms with Gasteiger partial charge in [0, 0.05) is 22.6 Å². The lowest BCUT2D eigenvalue weighted by Crippen LogP contribution is -2.54. The van der Waals surface area contributed by atoms with Crippen LogP contribution in [-0.2, 0) is 15.3 Å². The molecule has 31 heavy (non-hydrogen) atoms. The Morgan fingerprint density at radius 2 is 1.77 bits per heavy atom. The lowest BCUT2D eigenvalue weighted by Gasteiger charge is -2.43. The highest BCUT2D eigenvalue weighted by Gasteiger charge is 2.37. The number of nitrogens with one attached hydrogen (secondary N) is 2. The standard InChI is InChI=1S/C23H18N4O3S/c28-18-11-10-15(12-19(18)29)21-24-17-9-5-4-8-16(17)20-22(30)25-23(26-27(20)21)31-13-14-6-2-1-3-7-14/h1-12,21,24,30H,13H2,(H,25,26)/t21-/m0/s1. The number of carbonyl (C=O) groups is 2. The molecule has 0 saturated carbocycles. The number of ketones is 2. The fraction of sp³-hybridized carbons (Fsp3) is 0.0870. The van der Waals surface area contributed by atoms with Gasteiger partial charge in [0.15, 0.2) is 5.17 Å². The second-order valence-corrected chi connectivity index (χ2v) is 8.11. The molecule has 0 unspecified atom stereocenters. The molecule has 1 atom stereocenters. The van der Waals surface area contributed by atoms with Crippen molar-refractivity contribution in [3.8, 4) is 0 Å². The third kappa shape index (κ3) is 3.62. The first kappa shape index (κ1) is 19.2. The van der Waals surface area contributed by atoms with E-state index in [4.69, 9.17) is 0 Å². The number of hydrogen-bond donors (Lipinski definition) is 3. The highest BCUT2D eigenvalue weighted by atomic mass is 32.2. The number of para-hydroxylation sites is 1. The summed E-state index contributed by atoms with van der Waals surface area (Å²) in [5, 5.41) is 16.5. The molecule has 2 aromatic rings. The quantitative estimate of drug-likeness (QED) is 0.508. The maximum atomic E-state index is 12.0. The molecule has 1 aliphatic carbocycles. The molecular weight excluding hydrogens is 412 g/mol. The number of aliphatic hydroxyl groups excluding tert-OH is 1. The number of fused-ring (bicyclic) bond motifs is 3. The predicted molar refractivity (Wildman–Crippen MR) is 121 cm³/mol. The summed E-state index contributed by atoms with van der Waals surface area (Å²) in [5.41, 5.74) is 7.07. The van der Waals surface area contributed by atoms with Crippen molar-refractivity contribution < 1.29 is 14.7 Å². The number of benzene rings is 2. The Hall–Kier alpha value is -3.78. The van der Waals surface area contributed by atoms with E-state index < -0.39 is 17.7 Å². The first-order valence-electron chi connectivity index (χ1n) is 9.68. The van der Waals surface area contributed by atoms with Gasteiger partial charge in [-0.25, -0.2) is 0 Å². The lowest BCUT2D eigenvalue weighted by atomic mass is 9.98. The number of aliphatic hydroxyl groups is 1. The molecule has 0 fully saturated rings. The molecule has 0 saturated heterocycles. The van der Waals surface area contributed by atoms with Crippen LogP contribution in [0.4, 0.5) is 5.69 Å². The molecular formula is C23H18N4O3S. The van der Waals surface area contributed by atoms with E-state index in [0.29, 0.717) is 22.2 Å². The van der Waals surface area contributed by atoms with Crippen LogP contribution in [0.2, 0.25) is 0 Å². The second-order valence-electron chi connectivity index (χ2n) is 7.14. The Labute approximate surface area is 182 Å². The topological polar surface area (TPSA) is 94.0 Å². The van der Waals surface area contributed by atoms with E-state index in [1.807, 2.05) is 54.6 Å². The summed E-state index contributed by atoms with van der Waals surface area (Å²) >= 11 is 1.46. The summed E-state index contributed by atoms with van der Waals surface area (Å²) in [6, 6.07) is 17.5. The minimum absolute atomic E-state index is 0.115. The number of rotatable bonds is 3. The van der Waals surface area contributed by atoms with Crippen molar-refractivity contribution in [1.29, 1.82) is 0 Å². The Morgan fingerprint density at radius 3 is 2.58 bits per heavy atom. The maximum Gasteiger partial charge on any atom is 0.240 e. The molecule has 2 aromatic carbocycles. The fourth-order valence-electron chi connectivity index (χ4n) is 3.63. The molecule has 0 amide bonds. The third-order valence-corrected chi connectivity index (χ3v) is 6.04. The van der Waals surface area contributed by atoms with Gasteiger partial charge in [-0.2, -0.15) is 4.99 Å². The zero-order chi connectivity index (χ0) is 21.4. The predicted octanol–water partition coefficient (Wildman–Crippen LogP) is 3.37. The zero-order valence-corrected chi connectivity index (χ0v) is 17.1. The van der Waals surface area contributed by atoms with Gasteiger partial charge >= 0.3 is 0 Å². The van der Waals surface area contributed by atoms with Crippen molar-refractivity contribution in [2.45, 2.75) is 11.9 Å². The van der Waals surface area contributed by atoms with Crippen LogP contribution in [0.25, 0.3) is 5.70 Å². The van der Waals surface area contributed by atoms with E-state index in [0.717, 1.165) is 16.8 Å². The molecule has 3 N–H and O–H groups in total. The molecule has 0 aromatic heterocycles. The molecule has 8 heteroatoms. The second kappa shape index (κ2) is 7.81. The Kier molecular flexibility index (Phi) is 4.83. The van der Waals surface area contributed by atoms with Crippen LogP contribution in [-0.4, -0.2) is 33.0 Å². The van der Waals surface area contributed by atoms with Crippen molar-refractivity contribution in [1.82, 2.24) is 10.4 Å². The van der Waals surface area contributed by atoms with E-state index in [2.05, 4.69) is 15.7 Å². The van der Waals surface area contributed by atoms with Gasteiger partial charge in [-0.1, -0.05) is 66.4 Å². The normalized spacial score (nSPS) is 19.7. The fourth-order valence-corrected chi connectivity index (χ4v) is 4.44. The van der Waals surface area contributed by atoms with Gasteiger partial charge in [-0.15, -0.1) is 0 Å². The van der Waals surface area contributed by atoms with Gasteiger partial charge in [-0.3, -0.25) is 20.0 Å². The van der Waals surface area contributed by atoms with E-state index in [9.17, 15) is 14.7 Å². The number of amidine groups is 1. The molecule has 0 radical (unpaired) electrons. The summed E-state index contributed by atoms with van der Waals surface area (Å²) < 4.78 is 0. The van der Waals surface area contributed by atoms with Gasteiger partial charge < -0.3 is 10.4 Å². The summed E-state index contributed by atoms with van der Waals surface area (Å²) in [6.45, 7) is 0. The third-order valence-electron chi connectivity index (χ3n) is 5.11. The molecule has 0 spiro atoms. The summed E-state index contributed by atoms with van der Waals surface area (Å²) in [5.74, 6) is -0.563. The highest BCUT2D eigenvalue weighted by Crippen LogP contribution is 2.39. The average molecular weight is 430 g/mol. The van der Waals surface area contributed by atoms with E-state index >= 15 is 0 Å². The van der Waals surface area contributed by atoms with Crippen molar-refractivity contribution in [2.24, 2.45) is 4.99 Å². The minimum atomic E-state index is -0.572. The van der Waals surface area contributed by atoms with Gasteiger partial charge in [0.1, 0.15) is 11.9 Å². The molecule has 2 aliphatic heterocycles. The molecule has 2 heterocycles. The van der Waals surface area contributed by atoms with Crippen LogP contribution >= 0.6 is 11.8 Å². The monoisotopic (exact) mass is 430 g/mol.